The van der Waals surface area contributed by atoms with Crippen LogP contribution in [0.5, 0.6) is 0 Å². The molecule has 1 atom stereocenters. The maximum atomic E-state index is 12.1. The van der Waals surface area contributed by atoms with Gasteiger partial charge < -0.3 is 15.7 Å². The van der Waals surface area contributed by atoms with E-state index in [-0.39, 0.29) is 12.6 Å². The molecule has 1 unspecified atom stereocenters. The zero-order valence-electron chi connectivity index (χ0n) is 14.4. The molecule has 2 amide bonds. The number of aliphatic hydroxyl groups is 1. The van der Waals surface area contributed by atoms with E-state index in [0.29, 0.717) is 0 Å². The quantitative estimate of drug-likeness (QED) is 0.666. The van der Waals surface area contributed by atoms with E-state index >= 15 is 0 Å². The molecule has 0 heterocycles. The summed E-state index contributed by atoms with van der Waals surface area (Å²) in [4.78, 5) is 12.1. The molecule has 0 aliphatic rings. The molecule has 128 valence electrons. The number of anilines is 1. The first-order chi connectivity index (χ1) is 12.0. The van der Waals surface area contributed by atoms with Crippen LogP contribution in [0.3, 0.4) is 0 Å². The van der Waals surface area contributed by atoms with Gasteiger partial charge in [-0.15, -0.1) is 0 Å². The molecule has 0 bridgehead atoms. The highest BCUT2D eigenvalue weighted by Crippen LogP contribution is 2.23. The number of benzene rings is 3. The molecule has 0 saturated heterocycles. The average Bonchev–Trinajstić information content (AvgIpc) is 2.58. The Labute approximate surface area is 147 Å². The van der Waals surface area contributed by atoms with Gasteiger partial charge in [-0.25, -0.2) is 4.79 Å². The van der Waals surface area contributed by atoms with Crippen molar-refractivity contribution in [2.24, 2.45) is 0 Å². The molecule has 0 radical (unpaired) electrons. The van der Waals surface area contributed by atoms with Crippen molar-refractivity contribution in [1.29, 1.82) is 0 Å². The fourth-order valence-electron chi connectivity index (χ4n) is 3.06. The van der Waals surface area contributed by atoms with Gasteiger partial charge in [0.2, 0.25) is 0 Å². The first-order valence-electron chi connectivity index (χ1n) is 8.32. The Kier molecular flexibility index (Phi) is 5.00. The standard InChI is InChI=1S/C21H22N2O2/c1-14-10-15(2)12-17(11-14)23-21(25)22-13-20(24)19-9-5-7-16-6-3-4-8-18(16)19/h3-12,20,24H,13H2,1-2H3,(H2,22,23,25). The van der Waals surface area contributed by atoms with Crippen LogP contribution in [0.15, 0.2) is 60.7 Å². The van der Waals surface area contributed by atoms with Gasteiger partial charge in [0, 0.05) is 12.2 Å². The summed E-state index contributed by atoms with van der Waals surface area (Å²) in [5.41, 5.74) is 3.73. The largest absolute Gasteiger partial charge is 0.387 e. The zero-order valence-corrected chi connectivity index (χ0v) is 14.4. The van der Waals surface area contributed by atoms with Crippen molar-refractivity contribution >= 4 is 22.5 Å². The molecule has 0 aliphatic carbocycles. The van der Waals surface area contributed by atoms with E-state index in [0.717, 1.165) is 33.2 Å². The summed E-state index contributed by atoms with van der Waals surface area (Å²) in [6.45, 7) is 4.12. The first kappa shape index (κ1) is 17.0. The minimum absolute atomic E-state index is 0.143. The lowest BCUT2D eigenvalue weighted by molar-refractivity contribution is 0.176. The minimum atomic E-state index is -0.768. The smallest absolute Gasteiger partial charge is 0.319 e. The van der Waals surface area contributed by atoms with Crippen molar-refractivity contribution in [1.82, 2.24) is 5.32 Å². The van der Waals surface area contributed by atoms with E-state index in [2.05, 4.69) is 10.6 Å². The Morgan fingerprint density at radius 1 is 1.00 bits per heavy atom. The summed E-state index contributed by atoms with van der Waals surface area (Å²) in [7, 11) is 0. The highest BCUT2D eigenvalue weighted by Gasteiger charge is 2.12. The van der Waals surface area contributed by atoms with Crippen molar-refractivity contribution < 1.29 is 9.90 Å². The second-order valence-electron chi connectivity index (χ2n) is 6.30. The Morgan fingerprint density at radius 2 is 1.68 bits per heavy atom. The molecule has 4 nitrogen and oxygen atoms in total. The third-order valence-corrected chi connectivity index (χ3v) is 4.12. The third-order valence-electron chi connectivity index (χ3n) is 4.12. The summed E-state index contributed by atoms with van der Waals surface area (Å²) in [6, 6.07) is 19.2. The van der Waals surface area contributed by atoms with Gasteiger partial charge >= 0.3 is 6.03 Å². The molecule has 0 spiro atoms. The molecule has 4 heteroatoms. The monoisotopic (exact) mass is 334 g/mol. The number of amides is 2. The SMILES string of the molecule is Cc1cc(C)cc(NC(=O)NCC(O)c2cccc3ccccc23)c1. The van der Waals surface area contributed by atoms with Crippen molar-refractivity contribution in [3.8, 4) is 0 Å². The Morgan fingerprint density at radius 3 is 2.44 bits per heavy atom. The fraction of sp³-hybridized carbons (Fsp3) is 0.190. The van der Waals surface area contributed by atoms with Crippen LogP contribution in [-0.2, 0) is 0 Å². The zero-order chi connectivity index (χ0) is 17.8. The predicted molar refractivity (Wildman–Crippen MR) is 102 cm³/mol. The summed E-state index contributed by atoms with van der Waals surface area (Å²) in [5, 5.41) is 18.1. The summed E-state index contributed by atoms with van der Waals surface area (Å²) < 4.78 is 0. The second kappa shape index (κ2) is 7.36. The lowest BCUT2D eigenvalue weighted by atomic mass is 10.0. The molecule has 3 rings (SSSR count). The molecular weight excluding hydrogens is 312 g/mol. The summed E-state index contributed by atoms with van der Waals surface area (Å²) in [6.07, 6.45) is -0.768. The molecule has 0 aliphatic heterocycles. The molecule has 0 fully saturated rings. The normalized spacial score (nSPS) is 12.0. The number of rotatable bonds is 4. The van der Waals surface area contributed by atoms with Gasteiger partial charge in [-0.3, -0.25) is 0 Å². The third kappa shape index (κ3) is 4.17. The minimum Gasteiger partial charge on any atom is -0.387 e. The number of hydrogen-bond donors (Lipinski definition) is 3. The Hall–Kier alpha value is -2.85. The number of aryl methyl sites for hydroxylation is 2. The highest BCUT2D eigenvalue weighted by molar-refractivity contribution is 5.89. The fourth-order valence-corrected chi connectivity index (χ4v) is 3.06. The number of fused-ring (bicyclic) bond motifs is 1. The first-order valence-corrected chi connectivity index (χ1v) is 8.32. The van der Waals surface area contributed by atoms with Gasteiger partial charge in [-0.1, -0.05) is 48.5 Å². The van der Waals surface area contributed by atoms with Crippen LogP contribution < -0.4 is 10.6 Å². The molecule has 3 aromatic rings. The van der Waals surface area contributed by atoms with Crippen molar-refractivity contribution in [2.45, 2.75) is 20.0 Å². The van der Waals surface area contributed by atoms with E-state index < -0.39 is 6.10 Å². The highest BCUT2D eigenvalue weighted by atomic mass is 16.3. The van der Waals surface area contributed by atoms with Gasteiger partial charge in [-0.05, 0) is 53.4 Å². The lowest BCUT2D eigenvalue weighted by Crippen LogP contribution is -2.32. The number of carbonyl (C=O) groups is 1. The Balaban J connectivity index is 1.65. The van der Waals surface area contributed by atoms with Gasteiger partial charge in [-0.2, -0.15) is 0 Å². The van der Waals surface area contributed by atoms with Crippen LogP contribution in [0.4, 0.5) is 10.5 Å². The van der Waals surface area contributed by atoms with Crippen LogP contribution in [0.25, 0.3) is 10.8 Å². The number of urea groups is 1. The molecule has 3 N–H and O–H groups in total. The number of nitrogens with one attached hydrogen (secondary N) is 2. The number of aliphatic hydroxyl groups excluding tert-OH is 1. The van der Waals surface area contributed by atoms with E-state index in [1.54, 1.807) is 0 Å². The topological polar surface area (TPSA) is 61.4 Å². The second-order valence-corrected chi connectivity index (χ2v) is 6.30. The van der Waals surface area contributed by atoms with Crippen LogP contribution in [0, 0.1) is 13.8 Å². The summed E-state index contributed by atoms with van der Waals surface area (Å²) >= 11 is 0. The molecule has 3 aromatic carbocycles. The van der Waals surface area contributed by atoms with Crippen LogP contribution in [0.1, 0.15) is 22.8 Å². The maximum Gasteiger partial charge on any atom is 0.319 e. The van der Waals surface area contributed by atoms with E-state index in [1.165, 1.54) is 0 Å². The van der Waals surface area contributed by atoms with Crippen LogP contribution >= 0.6 is 0 Å². The molecular formula is C21H22N2O2. The molecule has 0 aromatic heterocycles. The van der Waals surface area contributed by atoms with Gasteiger partial charge in [0.15, 0.2) is 0 Å². The van der Waals surface area contributed by atoms with Gasteiger partial charge in [0.1, 0.15) is 0 Å². The Bertz CT molecular complexity index is 880. The van der Waals surface area contributed by atoms with Gasteiger partial charge in [0.05, 0.1) is 6.10 Å². The number of hydrogen-bond acceptors (Lipinski definition) is 2. The van der Waals surface area contributed by atoms with Crippen molar-refractivity contribution in [3.63, 3.8) is 0 Å². The van der Waals surface area contributed by atoms with E-state index in [9.17, 15) is 9.90 Å². The van der Waals surface area contributed by atoms with Crippen molar-refractivity contribution in [3.05, 3.63) is 77.4 Å². The van der Waals surface area contributed by atoms with Crippen molar-refractivity contribution in [2.75, 3.05) is 11.9 Å². The number of carbonyl (C=O) groups excluding carboxylic acids is 1. The molecule has 25 heavy (non-hydrogen) atoms. The summed E-state index contributed by atoms with van der Waals surface area (Å²) in [5.74, 6) is 0. The lowest BCUT2D eigenvalue weighted by Gasteiger charge is -2.15. The maximum absolute atomic E-state index is 12.1. The van der Waals surface area contributed by atoms with Crippen LogP contribution in [-0.4, -0.2) is 17.7 Å². The predicted octanol–water partition coefficient (Wildman–Crippen LogP) is 4.31. The molecule has 0 saturated carbocycles. The van der Waals surface area contributed by atoms with E-state index in [4.69, 9.17) is 0 Å². The average molecular weight is 334 g/mol. The van der Waals surface area contributed by atoms with E-state index in [1.807, 2.05) is 74.5 Å². The van der Waals surface area contributed by atoms with Gasteiger partial charge in [0.25, 0.3) is 0 Å². The van der Waals surface area contributed by atoms with Crippen LogP contribution in [0.2, 0.25) is 0 Å².